The Morgan fingerprint density at radius 1 is 0.957 bits per heavy atom. The maximum Gasteiger partial charge on any atom is 0.115 e. The zero-order valence-corrected chi connectivity index (χ0v) is 14.3. The van der Waals surface area contributed by atoms with E-state index in [4.69, 9.17) is 0 Å². The van der Waals surface area contributed by atoms with Crippen LogP contribution in [0.25, 0.3) is 0 Å². The first-order valence-electron chi connectivity index (χ1n) is 7.51. The molecule has 2 aromatic carbocycles. The molecule has 1 unspecified atom stereocenters. The van der Waals surface area contributed by atoms with Gasteiger partial charge in [-0.25, -0.2) is 0 Å². The Labute approximate surface area is 143 Å². The van der Waals surface area contributed by atoms with Gasteiger partial charge in [-0.2, -0.15) is 0 Å². The second kappa shape index (κ2) is 7.21. The molecular formula is C18H23ClN2O2. The van der Waals surface area contributed by atoms with E-state index >= 15 is 0 Å². The minimum Gasteiger partial charge on any atom is -0.508 e. The van der Waals surface area contributed by atoms with E-state index in [2.05, 4.69) is 23.9 Å². The molecular weight excluding hydrogens is 312 g/mol. The average Bonchev–Trinajstić information content (AvgIpc) is 2.87. The van der Waals surface area contributed by atoms with Crippen molar-refractivity contribution in [1.29, 1.82) is 0 Å². The zero-order chi connectivity index (χ0) is 15.7. The number of phenols is 2. The summed E-state index contributed by atoms with van der Waals surface area (Å²) >= 11 is 0. The van der Waals surface area contributed by atoms with Crippen LogP contribution in [0.2, 0.25) is 0 Å². The molecule has 23 heavy (non-hydrogen) atoms. The Morgan fingerprint density at radius 2 is 1.57 bits per heavy atom. The third-order valence-corrected chi connectivity index (χ3v) is 4.31. The Kier molecular flexibility index (Phi) is 5.52. The predicted octanol–water partition coefficient (Wildman–Crippen LogP) is 3.14. The second-order valence-electron chi connectivity index (χ2n) is 6.19. The smallest absolute Gasteiger partial charge is 0.115 e. The van der Waals surface area contributed by atoms with Crippen molar-refractivity contribution in [2.24, 2.45) is 0 Å². The molecule has 4 nitrogen and oxygen atoms in total. The minimum absolute atomic E-state index is 0. The van der Waals surface area contributed by atoms with Crippen molar-refractivity contribution in [3.8, 4) is 11.5 Å². The van der Waals surface area contributed by atoms with Crippen molar-refractivity contribution in [3.05, 3.63) is 59.2 Å². The minimum atomic E-state index is 0. The molecule has 1 atom stereocenters. The quantitative estimate of drug-likeness (QED) is 0.901. The molecule has 0 spiro atoms. The second-order valence-corrected chi connectivity index (χ2v) is 6.19. The SMILES string of the molecule is CN(C)C(CN1Cc2ccc(O)cc2C1)c1ccc(O)cc1.Cl. The Balaban J connectivity index is 0.00000192. The van der Waals surface area contributed by atoms with Crippen LogP contribution < -0.4 is 0 Å². The number of hydrogen-bond acceptors (Lipinski definition) is 4. The Hall–Kier alpha value is -1.75. The van der Waals surface area contributed by atoms with Crippen LogP contribution in [0.4, 0.5) is 0 Å². The lowest BCUT2D eigenvalue weighted by Crippen LogP contribution is -2.31. The fourth-order valence-electron chi connectivity index (χ4n) is 3.09. The van der Waals surface area contributed by atoms with Gasteiger partial charge < -0.3 is 15.1 Å². The van der Waals surface area contributed by atoms with Crippen LogP contribution in [0.3, 0.4) is 0 Å². The van der Waals surface area contributed by atoms with E-state index in [1.54, 1.807) is 18.2 Å². The number of nitrogens with zero attached hydrogens (tertiary/aromatic N) is 2. The molecule has 0 bridgehead atoms. The van der Waals surface area contributed by atoms with Gasteiger partial charge in [-0.15, -0.1) is 12.4 Å². The number of rotatable bonds is 4. The first-order valence-corrected chi connectivity index (χ1v) is 7.51. The summed E-state index contributed by atoms with van der Waals surface area (Å²) in [5, 5.41) is 19.1. The van der Waals surface area contributed by atoms with Crippen LogP contribution >= 0.6 is 12.4 Å². The largest absolute Gasteiger partial charge is 0.508 e. The van der Waals surface area contributed by atoms with Crippen molar-refractivity contribution < 1.29 is 10.2 Å². The van der Waals surface area contributed by atoms with Gasteiger partial charge in [-0.05, 0) is 55.1 Å². The number of phenolic OH excluding ortho intramolecular Hbond substituents is 2. The van der Waals surface area contributed by atoms with Crippen LogP contribution in [0, 0.1) is 0 Å². The summed E-state index contributed by atoms with van der Waals surface area (Å²) < 4.78 is 0. The fraction of sp³-hybridized carbons (Fsp3) is 0.333. The fourth-order valence-corrected chi connectivity index (χ4v) is 3.09. The average molecular weight is 335 g/mol. The highest BCUT2D eigenvalue weighted by Crippen LogP contribution is 2.29. The number of halogens is 1. The summed E-state index contributed by atoms with van der Waals surface area (Å²) in [6.45, 7) is 2.69. The van der Waals surface area contributed by atoms with Gasteiger partial charge in [0, 0.05) is 25.7 Å². The third kappa shape index (κ3) is 3.96. The molecule has 1 aliphatic rings. The number of benzene rings is 2. The molecule has 0 saturated heterocycles. The highest BCUT2D eigenvalue weighted by Gasteiger charge is 2.24. The summed E-state index contributed by atoms with van der Waals surface area (Å²) in [4.78, 5) is 4.59. The number of hydrogen-bond donors (Lipinski definition) is 2. The highest BCUT2D eigenvalue weighted by atomic mass is 35.5. The van der Waals surface area contributed by atoms with E-state index in [1.165, 1.54) is 16.7 Å². The van der Waals surface area contributed by atoms with Crippen LogP contribution in [0.1, 0.15) is 22.7 Å². The van der Waals surface area contributed by atoms with Gasteiger partial charge in [0.25, 0.3) is 0 Å². The Bertz CT molecular complexity index is 659. The Morgan fingerprint density at radius 3 is 2.22 bits per heavy atom. The number of aromatic hydroxyl groups is 2. The van der Waals surface area contributed by atoms with Crippen molar-refractivity contribution in [1.82, 2.24) is 9.80 Å². The van der Waals surface area contributed by atoms with E-state index < -0.39 is 0 Å². The normalized spacial score (nSPS) is 15.3. The van der Waals surface area contributed by atoms with E-state index in [-0.39, 0.29) is 18.4 Å². The van der Waals surface area contributed by atoms with E-state index in [1.807, 2.05) is 24.3 Å². The van der Waals surface area contributed by atoms with Gasteiger partial charge in [0.1, 0.15) is 11.5 Å². The maximum atomic E-state index is 9.61. The molecule has 0 aliphatic carbocycles. The highest BCUT2D eigenvalue weighted by molar-refractivity contribution is 5.85. The molecule has 2 N–H and O–H groups in total. The monoisotopic (exact) mass is 334 g/mol. The van der Waals surface area contributed by atoms with E-state index in [0.29, 0.717) is 11.5 Å². The molecule has 0 fully saturated rings. The topological polar surface area (TPSA) is 46.9 Å². The summed E-state index contributed by atoms with van der Waals surface area (Å²) in [6, 6.07) is 13.3. The molecule has 5 heteroatoms. The standard InChI is InChI=1S/C18H22N2O2.ClH/c1-19(2)18(13-3-6-16(21)7-4-13)12-20-10-14-5-8-17(22)9-15(14)11-20;/h3-9,18,21-22H,10-12H2,1-2H3;1H. The van der Waals surface area contributed by atoms with Crippen molar-refractivity contribution in [2.45, 2.75) is 19.1 Å². The van der Waals surface area contributed by atoms with E-state index in [0.717, 1.165) is 19.6 Å². The lowest BCUT2D eigenvalue weighted by molar-refractivity contribution is 0.184. The summed E-state index contributed by atoms with van der Waals surface area (Å²) in [6.07, 6.45) is 0. The van der Waals surface area contributed by atoms with E-state index in [9.17, 15) is 10.2 Å². The molecule has 3 rings (SSSR count). The van der Waals surface area contributed by atoms with Crippen molar-refractivity contribution in [3.63, 3.8) is 0 Å². The third-order valence-electron chi connectivity index (χ3n) is 4.31. The maximum absolute atomic E-state index is 9.61. The summed E-state index contributed by atoms with van der Waals surface area (Å²) in [7, 11) is 4.15. The predicted molar refractivity (Wildman–Crippen MR) is 94.0 cm³/mol. The molecule has 0 aromatic heterocycles. The first kappa shape index (κ1) is 17.6. The first-order chi connectivity index (χ1) is 10.5. The molecule has 0 saturated carbocycles. The van der Waals surface area contributed by atoms with Gasteiger partial charge in [0.15, 0.2) is 0 Å². The van der Waals surface area contributed by atoms with Gasteiger partial charge >= 0.3 is 0 Å². The van der Waals surface area contributed by atoms with Gasteiger partial charge in [-0.3, -0.25) is 4.90 Å². The number of fused-ring (bicyclic) bond motifs is 1. The van der Waals surface area contributed by atoms with Crippen LogP contribution in [-0.4, -0.2) is 40.7 Å². The van der Waals surface area contributed by atoms with Gasteiger partial charge in [0.2, 0.25) is 0 Å². The van der Waals surface area contributed by atoms with Gasteiger partial charge in [0.05, 0.1) is 0 Å². The molecule has 0 radical (unpaired) electrons. The lowest BCUT2D eigenvalue weighted by atomic mass is 10.1. The van der Waals surface area contributed by atoms with Crippen molar-refractivity contribution in [2.75, 3.05) is 20.6 Å². The molecule has 2 aromatic rings. The van der Waals surface area contributed by atoms with Gasteiger partial charge in [-0.1, -0.05) is 18.2 Å². The molecule has 1 heterocycles. The van der Waals surface area contributed by atoms with Crippen LogP contribution in [-0.2, 0) is 13.1 Å². The molecule has 0 amide bonds. The summed E-state index contributed by atoms with van der Waals surface area (Å²) in [5.74, 6) is 0.633. The van der Waals surface area contributed by atoms with Crippen LogP contribution in [0.15, 0.2) is 42.5 Å². The van der Waals surface area contributed by atoms with Crippen LogP contribution in [0.5, 0.6) is 11.5 Å². The zero-order valence-electron chi connectivity index (χ0n) is 13.4. The summed E-state index contributed by atoms with van der Waals surface area (Å²) in [5.41, 5.74) is 3.70. The molecule has 1 aliphatic heterocycles. The lowest BCUT2D eigenvalue weighted by Gasteiger charge is -2.29. The number of likely N-dealkylation sites (N-methyl/N-ethyl adjacent to an activating group) is 1. The van der Waals surface area contributed by atoms with Crippen molar-refractivity contribution >= 4 is 12.4 Å². The molecule has 124 valence electrons.